The Labute approximate surface area is 248 Å². The van der Waals surface area contributed by atoms with Gasteiger partial charge in [-0.15, -0.1) is 0 Å². The molecule has 0 aliphatic heterocycles. The highest BCUT2D eigenvalue weighted by Gasteiger charge is 2.14. The van der Waals surface area contributed by atoms with E-state index in [4.69, 9.17) is 0 Å². The van der Waals surface area contributed by atoms with E-state index in [0.29, 0.717) is 11.1 Å². The molecular weight excluding hydrogens is 524 g/mol. The number of hydrogen-bond donors (Lipinski definition) is 0. The number of para-hydroxylation sites is 2. The Bertz CT molecular complexity index is 2250. The summed E-state index contributed by atoms with van der Waals surface area (Å²) in [6, 6.07) is 50.6. The second-order valence-corrected chi connectivity index (χ2v) is 10.9. The fraction of sp³-hybridized carbons (Fsp3) is 0.0256. The zero-order chi connectivity index (χ0) is 28.9. The quantitative estimate of drug-likeness (QED) is 0.220. The smallest absolute Gasteiger partial charge is 0.0991 e. The molecule has 0 N–H and O–H groups in total. The summed E-state index contributed by atoms with van der Waals surface area (Å²) >= 11 is 0. The SMILES string of the molecule is N#Cc1ccc2c(c1)c1ccccc1n2-c1ccc(Cc2ccc(-n3c4ccccc4c4cc(C#N)ccc43)cc2)cc1. The van der Waals surface area contributed by atoms with Crippen molar-refractivity contribution in [3.63, 3.8) is 0 Å². The molecular formula is C39H24N4. The van der Waals surface area contributed by atoms with Crippen LogP contribution in [-0.2, 0) is 6.42 Å². The fourth-order valence-electron chi connectivity index (χ4n) is 6.40. The van der Waals surface area contributed by atoms with Crippen molar-refractivity contribution < 1.29 is 0 Å². The van der Waals surface area contributed by atoms with Crippen LogP contribution in [0, 0.1) is 22.7 Å². The maximum absolute atomic E-state index is 9.44. The van der Waals surface area contributed by atoms with E-state index in [9.17, 15) is 10.5 Å². The zero-order valence-corrected chi connectivity index (χ0v) is 23.2. The lowest BCUT2D eigenvalue weighted by molar-refractivity contribution is 1.13. The molecule has 43 heavy (non-hydrogen) atoms. The van der Waals surface area contributed by atoms with E-state index < -0.39 is 0 Å². The minimum Gasteiger partial charge on any atom is -0.309 e. The molecule has 200 valence electrons. The van der Waals surface area contributed by atoms with Gasteiger partial charge in [0.05, 0.1) is 45.3 Å². The minimum absolute atomic E-state index is 0.669. The van der Waals surface area contributed by atoms with Gasteiger partial charge in [0.15, 0.2) is 0 Å². The zero-order valence-electron chi connectivity index (χ0n) is 23.2. The van der Waals surface area contributed by atoms with Crippen molar-refractivity contribution >= 4 is 43.6 Å². The van der Waals surface area contributed by atoms with Gasteiger partial charge in [-0.05, 0) is 90.3 Å². The fourth-order valence-corrected chi connectivity index (χ4v) is 6.40. The van der Waals surface area contributed by atoms with Crippen molar-refractivity contribution in [2.24, 2.45) is 0 Å². The van der Waals surface area contributed by atoms with Gasteiger partial charge in [-0.3, -0.25) is 0 Å². The first-order valence-electron chi connectivity index (χ1n) is 14.3. The van der Waals surface area contributed by atoms with Crippen LogP contribution in [0.3, 0.4) is 0 Å². The minimum atomic E-state index is 0.669. The lowest BCUT2D eigenvalue weighted by atomic mass is 10.0. The van der Waals surface area contributed by atoms with Gasteiger partial charge >= 0.3 is 0 Å². The third-order valence-corrected chi connectivity index (χ3v) is 8.40. The normalized spacial score (nSPS) is 11.3. The lowest BCUT2D eigenvalue weighted by Crippen LogP contribution is -1.96. The van der Waals surface area contributed by atoms with Gasteiger partial charge in [0.1, 0.15) is 0 Å². The van der Waals surface area contributed by atoms with Crippen molar-refractivity contribution in [1.82, 2.24) is 9.13 Å². The van der Waals surface area contributed by atoms with Gasteiger partial charge in [0.2, 0.25) is 0 Å². The maximum atomic E-state index is 9.44. The number of nitrogens with zero attached hydrogens (tertiary/aromatic N) is 4. The Kier molecular flexibility index (Phi) is 5.61. The summed E-state index contributed by atoms with van der Waals surface area (Å²) in [4.78, 5) is 0. The molecule has 0 saturated carbocycles. The summed E-state index contributed by atoms with van der Waals surface area (Å²) in [5, 5.41) is 23.4. The van der Waals surface area contributed by atoms with E-state index in [-0.39, 0.29) is 0 Å². The molecule has 0 spiro atoms. The first-order chi connectivity index (χ1) is 21.2. The Balaban J connectivity index is 1.12. The molecule has 2 aromatic heterocycles. The first-order valence-corrected chi connectivity index (χ1v) is 14.3. The monoisotopic (exact) mass is 548 g/mol. The maximum Gasteiger partial charge on any atom is 0.0991 e. The lowest BCUT2D eigenvalue weighted by Gasteiger charge is -2.11. The van der Waals surface area contributed by atoms with Gasteiger partial charge < -0.3 is 9.13 Å². The number of rotatable bonds is 4. The summed E-state index contributed by atoms with van der Waals surface area (Å²) in [5.41, 5.74) is 10.5. The topological polar surface area (TPSA) is 57.4 Å². The molecule has 0 amide bonds. The summed E-state index contributed by atoms with van der Waals surface area (Å²) < 4.78 is 4.55. The molecule has 8 aromatic rings. The molecule has 0 radical (unpaired) electrons. The Morgan fingerprint density at radius 1 is 0.419 bits per heavy atom. The van der Waals surface area contributed by atoms with Gasteiger partial charge in [-0.2, -0.15) is 10.5 Å². The van der Waals surface area contributed by atoms with Crippen LogP contribution in [0.5, 0.6) is 0 Å². The molecule has 6 aromatic carbocycles. The van der Waals surface area contributed by atoms with Crippen LogP contribution in [0.15, 0.2) is 133 Å². The van der Waals surface area contributed by atoms with Crippen molar-refractivity contribution in [2.75, 3.05) is 0 Å². The molecule has 0 aliphatic rings. The predicted octanol–water partition coefficient (Wildman–Crippen LogP) is 9.21. The summed E-state index contributed by atoms with van der Waals surface area (Å²) in [5.74, 6) is 0. The van der Waals surface area contributed by atoms with Crippen LogP contribution in [0.4, 0.5) is 0 Å². The number of nitriles is 2. The van der Waals surface area contributed by atoms with Crippen LogP contribution < -0.4 is 0 Å². The average Bonchev–Trinajstić information content (AvgIpc) is 3.57. The van der Waals surface area contributed by atoms with E-state index in [1.54, 1.807) is 0 Å². The highest BCUT2D eigenvalue weighted by Crippen LogP contribution is 2.34. The number of aromatic nitrogens is 2. The van der Waals surface area contributed by atoms with Crippen molar-refractivity contribution in [3.8, 4) is 23.5 Å². The molecule has 4 nitrogen and oxygen atoms in total. The third kappa shape index (κ3) is 3.97. The number of benzene rings is 6. The third-order valence-electron chi connectivity index (χ3n) is 8.40. The van der Waals surface area contributed by atoms with Crippen LogP contribution in [0.2, 0.25) is 0 Å². The van der Waals surface area contributed by atoms with E-state index in [0.717, 1.165) is 61.4 Å². The van der Waals surface area contributed by atoms with Crippen molar-refractivity contribution in [1.29, 1.82) is 10.5 Å². The molecule has 2 heterocycles. The summed E-state index contributed by atoms with van der Waals surface area (Å²) in [6.45, 7) is 0. The van der Waals surface area contributed by atoms with Crippen LogP contribution in [0.1, 0.15) is 22.3 Å². The van der Waals surface area contributed by atoms with Gasteiger partial charge in [0.25, 0.3) is 0 Å². The Hall–Kier alpha value is -6.10. The summed E-state index contributed by atoms with van der Waals surface area (Å²) in [6.07, 6.45) is 0.831. The Morgan fingerprint density at radius 3 is 1.23 bits per heavy atom. The van der Waals surface area contributed by atoms with Crippen LogP contribution in [0.25, 0.3) is 55.0 Å². The molecule has 0 atom stereocenters. The van der Waals surface area contributed by atoms with Gasteiger partial charge in [-0.25, -0.2) is 0 Å². The molecule has 8 rings (SSSR count). The molecule has 0 unspecified atom stereocenters. The molecule has 0 saturated heterocycles. The van der Waals surface area contributed by atoms with E-state index in [1.165, 1.54) is 11.1 Å². The van der Waals surface area contributed by atoms with E-state index in [2.05, 4.69) is 106 Å². The molecule has 0 bridgehead atoms. The Morgan fingerprint density at radius 2 is 0.814 bits per heavy atom. The first kappa shape index (κ1) is 24.7. The largest absolute Gasteiger partial charge is 0.309 e. The second-order valence-electron chi connectivity index (χ2n) is 10.9. The average molecular weight is 549 g/mol. The molecule has 0 fully saturated rings. The van der Waals surface area contributed by atoms with E-state index >= 15 is 0 Å². The van der Waals surface area contributed by atoms with E-state index in [1.807, 2.05) is 48.5 Å². The van der Waals surface area contributed by atoms with Crippen molar-refractivity contribution in [3.05, 3.63) is 156 Å². The molecule has 4 heteroatoms. The number of fused-ring (bicyclic) bond motifs is 6. The standard InChI is InChI=1S/C39H24N4/c40-24-28-13-19-38-34(22-28)32-5-1-3-7-36(32)42(38)30-15-9-26(10-16-30)21-27-11-17-31(18-12-27)43-37-8-4-2-6-33(37)35-23-29(25-41)14-20-39(35)43/h1-20,22-23H,21H2. The highest BCUT2D eigenvalue weighted by atomic mass is 15.0. The predicted molar refractivity (Wildman–Crippen MR) is 174 cm³/mol. The van der Waals surface area contributed by atoms with Gasteiger partial charge in [-0.1, -0.05) is 60.7 Å². The van der Waals surface area contributed by atoms with Gasteiger partial charge in [0, 0.05) is 32.9 Å². The second kappa shape index (κ2) is 9.77. The molecule has 0 aliphatic carbocycles. The number of hydrogen-bond acceptors (Lipinski definition) is 2. The van der Waals surface area contributed by atoms with Crippen molar-refractivity contribution in [2.45, 2.75) is 6.42 Å². The highest BCUT2D eigenvalue weighted by molar-refractivity contribution is 6.10. The van der Waals surface area contributed by atoms with Crippen LogP contribution in [-0.4, -0.2) is 9.13 Å². The summed E-state index contributed by atoms with van der Waals surface area (Å²) in [7, 11) is 0. The van der Waals surface area contributed by atoms with Crippen LogP contribution >= 0.6 is 0 Å².